The van der Waals surface area contributed by atoms with Crippen molar-refractivity contribution in [3.63, 3.8) is 0 Å². The summed E-state index contributed by atoms with van der Waals surface area (Å²) < 4.78 is 16.8. The van der Waals surface area contributed by atoms with E-state index in [0.29, 0.717) is 16.8 Å². The fourth-order valence-corrected chi connectivity index (χ4v) is 4.16. The number of imidazole rings is 1. The van der Waals surface area contributed by atoms with Gasteiger partial charge < -0.3 is 36.9 Å². The van der Waals surface area contributed by atoms with Gasteiger partial charge in [-0.05, 0) is 17.5 Å². The van der Waals surface area contributed by atoms with Crippen LogP contribution in [0.25, 0.3) is 0 Å². The summed E-state index contributed by atoms with van der Waals surface area (Å²) in [6, 6.07) is 12.8. The molecule has 3 amide bonds. The highest BCUT2D eigenvalue weighted by atomic mass is 32.1. The molecule has 0 bridgehead atoms. The van der Waals surface area contributed by atoms with Crippen LogP contribution in [0.4, 0.5) is 0 Å². The first-order valence-corrected chi connectivity index (χ1v) is 14.5. The third kappa shape index (κ3) is 13.4. The summed E-state index contributed by atoms with van der Waals surface area (Å²) in [5, 5.41) is 26.4. The lowest BCUT2D eigenvalue weighted by molar-refractivity contribution is -0.142. The van der Waals surface area contributed by atoms with Gasteiger partial charge in [-0.15, -0.1) is 0 Å². The number of carbonyl (C=O) groups is 5. The topological polar surface area (TPSA) is 251 Å². The van der Waals surface area contributed by atoms with Gasteiger partial charge in [0.05, 0.1) is 18.1 Å². The lowest BCUT2D eigenvalue weighted by atomic mass is 10.0. The number of carboxylic acid groups (broad SMARTS) is 2. The molecular weight excluding hydrogens is 608 g/mol. The first-order chi connectivity index (χ1) is 21.5. The monoisotopic (exact) mass is 644 g/mol. The Labute approximate surface area is 261 Å². The van der Waals surface area contributed by atoms with Gasteiger partial charge >= 0.3 is 11.9 Å². The first kappa shape index (κ1) is 36.1. The van der Waals surface area contributed by atoms with E-state index >= 15 is 0 Å². The van der Waals surface area contributed by atoms with E-state index in [1.165, 1.54) is 12.5 Å². The largest absolute Gasteiger partial charge is 0.481 e. The number of hydrogen-bond acceptors (Lipinski definition) is 9. The summed E-state index contributed by atoms with van der Waals surface area (Å²) in [6.07, 6.45) is 2.46. The first-order valence-electron chi connectivity index (χ1n) is 13.7. The molecule has 0 fully saturated rings. The van der Waals surface area contributed by atoms with E-state index in [9.17, 15) is 29.1 Å². The standard InChI is InChI=1S/C29H34N6O7.H2O2S/c30-21(11-12-25(36)37)26(38)33-23(15-20-16-31-17-32-20)28(40)34-22(13-18-7-3-1-4-8-18)27(39)35-24(29(41)42)14-19-9-5-2-6-10-19;1-3-2/h1-10,16-17,21-24H,11-15,30H2,(H,31,32)(H,33,38)(H,34,40)(H,35,39)(H,36,37)(H,41,42);3H2/t21-,22-,23-,24+;/m0./s1. The number of nitrogens with zero attached hydrogens (tertiary/aromatic N) is 1. The summed E-state index contributed by atoms with van der Waals surface area (Å²) in [6.45, 7) is 0. The van der Waals surface area contributed by atoms with Crippen molar-refractivity contribution in [3.8, 4) is 0 Å². The Bertz CT molecular complexity index is 1430. The number of carboxylic acids is 2. The molecule has 0 unspecified atom stereocenters. The van der Waals surface area contributed by atoms with Crippen LogP contribution in [0.2, 0.25) is 0 Å². The van der Waals surface area contributed by atoms with E-state index in [4.69, 9.17) is 19.3 Å². The van der Waals surface area contributed by atoms with Crippen molar-refractivity contribution in [1.29, 1.82) is 0 Å². The van der Waals surface area contributed by atoms with Gasteiger partial charge in [0, 0.05) is 31.9 Å². The Hall–Kier alpha value is -5.09. The molecule has 0 saturated carbocycles. The molecule has 2 aromatic carbocycles. The molecule has 1 heterocycles. The number of nitrogens with two attached hydrogens (primary N) is 1. The van der Waals surface area contributed by atoms with Gasteiger partial charge in [0.1, 0.15) is 29.7 Å². The number of carbonyl (C=O) groups excluding carboxylic acids is 3. The molecule has 45 heavy (non-hydrogen) atoms. The number of aliphatic carboxylic acids is 2. The van der Waals surface area contributed by atoms with Gasteiger partial charge in [0.25, 0.3) is 0 Å². The molecule has 15 nitrogen and oxygen atoms in total. The van der Waals surface area contributed by atoms with Crippen molar-refractivity contribution in [1.82, 2.24) is 25.9 Å². The molecule has 3 rings (SSSR count). The SMILES string of the molecule is N[C@@H](CCC(=O)O)C(=O)N[C@@H](Cc1c[nH]cn1)C(=O)N[C@@H](Cc1ccccc1)C(=O)N[C@H](Cc1ccccc1)C(=O)O.O=[SH2]=O. The fourth-order valence-electron chi connectivity index (χ4n) is 4.16. The van der Waals surface area contributed by atoms with Crippen LogP contribution in [0.1, 0.15) is 29.7 Å². The van der Waals surface area contributed by atoms with Crippen LogP contribution in [-0.2, 0) is 54.8 Å². The van der Waals surface area contributed by atoms with Gasteiger partial charge in [-0.3, -0.25) is 19.2 Å². The predicted molar refractivity (Wildman–Crippen MR) is 163 cm³/mol. The van der Waals surface area contributed by atoms with Crippen molar-refractivity contribution >= 4 is 41.2 Å². The highest BCUT2D eigenvalue weighted by molar-refractivity contribution is 7.51. The third-order valence-corrected chi connectivity index (χ3v) is 6.42. The lowest BCUT2D eigenvalue weighted by Gasteiger charge is -2.25. The maximum absolute atomic E-state index is 13.5. The summed E-state index contributed by atoms with van der Waals surface area (Å²) in [5.41, 5.74) is 7.68. The minimum atomic E-state index is -1.42. The number of aromatic amines is 1. The molecule has 0 saturated heterocycles. The number of aromatic nitrogens is 2. The zero-order chi connectivity index (χ0) is 33.2. The molecule has 1 aromatic heterocycles. The molecular formula is C29H36N6O9S. The zero-order valence-corrected chi connectivity index (χ0v) is 25.0. The Kier molecular flexibility index (Phi) is 15.4. The van der Waals surface area contributed by atoms with Crippen molar-refractivity contribution < 1.29 is 42.6 Å². The van der Waals surface area contributed by atoms with Gasteiger partial charge in [0.2, 0.25) is 17.7 Å². The number of benzene rings is 2. The zero-order valence-electron chi connectivity index (χ0n) is 24.0. The second-order valence-electron chi connectivity index (χ2n) is 9.79. The summed E-state index contributed by atoms with van der Waals surface area (Å²) >= 11 is -1.42. The quantitative estimate of drug-likeness (QED) is 0.0992. The van der Waals surface area contributed by atoms with Gasteiger partial charge in [-0.25, -0.2) is 18.2 Å². The van der Waals surface area contributed by atoms with Gasteiger partial charge in [-0.1, -0.05) is 60.7 Å². The summed E-state index contributed by atoms with van der Waals surface area (Å²) in [7, 11) is 0. The highest BCUT2D eigenvalue weighted by Gasteiger charge is 2.31. The number of H-pyrrole nitrogens is 1. The van der Waals surface area contributed by atoms with E-state index in [0.717, 1.165) is 0 Å². The maximum atomic E-state index is 13.5. The Morgan fingerprint density at radius 1 is 0.756 bits per heavy atom. The maximum Gasteiger partial charge on any atom is 0.326 e. The number of amides is 3. The number of rotatable bonds is 16. The Morgan fingerprint density at radius 3 is 1.69 bits per heavy atom. The minimum absolute atomic E-state index is 0.0278. The van der Waals surface area contributed by atoms with E-state index < -0.39 is 65.4 Å². The Balaban J connectivity index is 0.00000226. The van der Waals surface area contributed by atoms with E-state index in [-0.39, 0.29) is 32.1 Å². The normalized spacial score (nSPS) is 13.1. The average molecular weight is 645 g/mol. The van der Waals surface area contributed by atoms with Crippen LogP contribution in [-0.4, -0.2) is 82.4 Å². The average Bonchev–Trinajstić information content (AvgIpc) is 3.53. The molecule has 8 N–H and O–H groups in total. The van der Waals surface area contributed by atoms with Crippen molar-refractivity contribution in [3.05, 3.63) is 90.0 Å². The van der Waals surface area contributed by atoms with Crippen LogP contribution in [0.5, 0.6) is 0 Å². The van der Waals surface area contributed by atoms with E-state index in [2.05, 4.69) is 25.9 Å². The second-order valence-corrected chi connectivity index (χ2v) is 9.95. The molecule has 16 heteroatoms. The van der Waals surface area contributed by atoms with Crippen LogP contribution in [0, 0.1) is 0 Å². The van der Waals surface area contributed by atoms with Crippen molar-refractivity contribution in [2.75, 3.05) is 0 Å². The molecule has 0 radical (unpaired) electrons. The Morgan fingerprint density at radius 2 is 1.22 bits per heavy atom. The highest BCUT2D eigenvalue weighted by Crippen LogP contribution is 2.09. The van der Waals surface area contributed by atoms with Crippen LogP contribution >= 0.6 is 0 Å². The fraction of sp³-hybridized carbons (Fsp3) is 0.310. The lowest BCUT2D eigenvalue weighted by Crippen LogP contribution is -2.58. The summed E-state index contributed by atoms with van der Waals surface area (Å²) in [5.74, 6) is -4.56. The van der Waals surface area contributed by atoms with Crippen LogP contribution in [0.15, 0.2) is 73.2 Å². The van der Waals surface area contributed by atoms with Gasteiger partial charge in [0.15, 0.2) is 0 Å². The summed E-state index contributed by atoms with van der Waals surface area (Å²) in [4.78, 5) is 69.4. The number of nitrogens with one attached hydrogen (secondary N) is 4. The molecule has 3 aromatic rings. The third-order valence-electron chi connectivity index (χ3n) is 6.42. The van der Waals surface area contributed by atoms with E-state index in [1.54, 1.807) is 60.7 Å². The van der Waals surface area contributed by atoms with Crippen molar-refractivity contribution in [2.24, 2.45) is 5.73 Å². The van der Waals surface area contributed by atoms with E-state index in [1.807, 2.05) is 0 Å². The van der Waals surface area contributed by atoms with Crippen molar-refractivity contribution in [2.45, 2.75) is 56.3 Å². The molecule has 4 atom stereocenters. The van der Waals surface area contributed by atoms with Gasteiger partial charge in [-0.2, -0.15) is 0 Å². The molecule has 0 aliphatic heterocycles. The number of hydrogen-bond donors (Lipinski definition) is 7. The second kappa shape index (κ2) is 19.2. The minimum Gasteiger partial charge on any atom is -0.481 e. The van der Waals surface area contributed by atoms with Crippen LogP contribution in [0.3, 0.4) is 0 Å². The predicted octanol–water partition coefficient (Wildman–Crippen LogP) is -1.04. The molecule has 0 aliphatic rings. The molecule has 0 spiro atoms. The smallest absolute Gasteiger partial charge is 0.326 e. The van der Waals surface area contributed by atoms with Crippen LogP contribution < -0.4 is 21.7 Å². The molecule has 242 valence electrons. The molecule has 0 aliphatic carbocycles.